The van der Waals surface area contributed by atoms with Gasteiger partial charge in [0.1, 0.15) is 6.10 Å². The first-order valence-electron chi connectivity index (χ1n) is 9.91. The number of nitrogens with one attached hydrogen (secondary N) is 2. The third-order valence-corrected chi connectivity index (χ3v) is 5.33. The van der Waals surface area contributed by atoms with Gasteiger partial charge in [0, 0.05) is 25.1 Å². The Morgan fingerprint density at radius 2 is 2.07 bits per heavy atom. The van der Waals surface area contributed by atoms with Crippen LogP contribution in [0.1, 0.15) is 42.9 Å². The van der Waals surface area contributed by atoms with E-state index in [1.54, 1.807) is 0 Å². The molecule has 2 fully saturated rings. The van der Waals surface area contributed by atoms with E-state index in [-0.39, 0.29) is 6.10 Å². The first-order valence-corrected chi connectivity index (χ1v) is 9.91. The normalized spacial score (nSPS) is 19.9. The van der Waals surface area contributed by atoms with Gasteiger partial charge >= 0.3 is 0 Å². The molecule has 1 aliphatic heterocycles. The van der Waals surface area contributed by atoms with E-state index in [9.17, 15) is 0 Å². The molecule has 1 atom stereocenters. The van der Waals surface area contributed by atoms with Crippen molar-refractivity contribution in [2.75, 3.05) is 18.4 Å². The maximum atomic E-state index is 6.22. The van der Waals surface area contributed by atoms with Gasteiger partial charge in [0.15, 0.2) is 5.65 Å². The fourth-order valence-corrected chi connectivity index (χ4v) is 3.69. The Kier molecular flexibility index (Phi) is 4.41. The molecule has 3 heterocycles. The van der Waals surface area contributed by atoms with Crippen molar-refractivity contribution < 1.29 is 4.74 Å². The van der Waals surface area contributed by atoms with Gasteiger partial charge in [-0.15, -0.1) is 5.10 Å². The van der Waals surface area contributed by atoms with Crippen LogP contribution in [0.3, 0.4) is 0 Å². The number of aromatic nitrogens is 3. The number of anilines is 1. The summed E-state index contributed by atoms with van der Waals surface area (Å²) in [5.41, 5.74) is 4.28. The van der Waals surface area contributed by atoms with Gasteiger partial charge in [0.2, 0.25) is 5.88 Å². The van der Waals surface area contributed by atoms with Gasteiger partial charge in [-0.1, -0.05) is 30.3 Å². The molecule has 1 aliphatic carbocycles. The van der Waals surface area contributed by atoms with Crippen LogP contribution in [0.4, 0.5) is 5.69 Å². The predicted octanol–water partition coefficient (Wildman–Crippen LogP) is 3.35. The second kappa shape index (κ2) is 7.19. The van der Waals surface area contributed by atoms with Gasteiger partial charge in [0.05, 0.1) is 17.6 Å². The quantitative estimate of drug-likeness (QED) is 0.703. The second-order valence-electron chi connectivity index (χ2n) is 7.51. The molecule has 5 rings (SSSR count). The Balaban J connectivity index is 1.45. The van der Waals surface area contributed by atoms with E-state index in [4.69, 9.17) is 9.84 Å². The van der Waals surface area contributed by atoms with E-state index in [1.807, 2.05) is 22.8 Å². The molecule has 1 unspecified atom stereocenters. The molecule has 0 amide bonds. The summed E-state index contributed by atoms with van der Waals surface area (Å²) in [6.45, 7) is 2.70. The van der Waals surface area contributed by atoms with Crippen LogP contribution < -0.4 is 15.4 Å². The molecule has 0 bridgehead atoms. The van der Waals surface area contributed by atoms with E-state index in [2.05, 4.69) is 39.9 Å². The largest absolute Gasteiger partial charge is 0.472 e. The first-order chi connectivity index (χ1) is 13.4. The lowest BCUT2D eigenvalue weighted by molar-refractivity contribution is 0.158. The van der Waals surface area contributed by atoms with E-state index in [1.165, 1.54) is 24.1 Å². The number of imidazole rings is 1. The van der Waals surface area contributed by atoms with Gasteiger partial charge in [0.25, 0.3) is 0 Å². The minimum Gasteiger partial charge on any atom is -0.472 e. The summed E-state index contributed by atoms with van der Waals surface area (Å²) < 4.78 is 8.20. The van der Waals surface area contributed by atoms with Crippen molar-refractivity contribution in [2.24, 2.45) is 0 Å². The van der Waals surface area contributed by atoms with Crippen LogP contribution in [0.25, 0.3) is 5.65 Å². The van der Waals surface area contributed by atoms with Crippen molar-refractivity contribution in [3.8, 4) is 5.88 Å². The smallest absolute Gasteiger partial charge is 0.234 e. The zero-order chi connectivity index (χ0) is 18.1. The SMILES string of the molecule is c1ccc(CNc2cc(OC3CCCNC3)nn3c(C4CC4)cnc23)cc1. The average Bonchev–Trinajstić information content (AvgIpc) is 3.47. The van der Waals surface area contributed by atoms with Crippen LogP contribution in [-0.2, 0) is 6.54 Å². The van der Waals surface area contributed by atoms with E-state index in [0.717, 1.165) is 43.8 Å². The Morgan fingerprint density at radius 1 is 1.19 bits per heavy atom. The van der Waals surface area contributed by atoms with Crippen LogP contribution in [0.5, 0.6) is 5.88 Å². The molecule has 2 N–H and O–H groups in total. The fourth-order valence-electron chi connectivity index (χ4n) is 3.69. The molecule has 6 heteroatoms. The number of piperidine rings is 1. The number of rotatable bonds is 6. The molecule has 1 saturated heterocycles. The summed E-state index contributed by atoms with van der Waals surface area (Å²) in [6, 6.07) is 12.4. The van der Waals surface area contributed by atoms with Gasteiger partial charge < -0.3 is 15.4 Å². The van der Waals surface area contributed by atoms with Gasteiger partial charge in [-0.25, -0.2) is 9.50 Å². The summed E-state index contributed by atoms with van der Waals surface area (Å²) >= 11 is 0. The third-order valence-electron chi connectivity index (χ3n) is 5.33. The lowest BCUT2D eigenvalue weighted by Crippen LogP contribution is -2.37. The van der Waals surface area contributed by atoms with Crippen molar-refractivity contribution in [3.63, 3.8) is 0 Å². The summed E-state index contributed by atoms with van der Waals surface area (Å²) in [4.78, 5) is 4.65. The monoisotopic (exact) mass is 363 g/mol. The summed E-state index contributed by atoms with van der Waals surface area (Å²) in [7, 11) is 0. The predicted molar refractivity (Wildman–Crippen MR) is 105 cm³/mol. The van der Waals surface area contributed by atoms with Crippen molar-refractivity contribution in [3.05, 3.63) is 53.9 Å². The molecule has 1 aromatic carbocycles. The molecule has 6 nitrogen and oxygen atoms in total. The van der Waals surface area contributed by atoms with E-state index >= 15 is 0 Å². The first kappa shape index (κ1) is 16.6. The maximum Gasteiger partial charge on any atom is 0.234 e. The molecule has 0 radical (unpaired) electrons. The highest BCUT2D eigenvalue weighted by molar-refractivity contribution is 5.68. The number of ether oxygens (including phenoxy) is 1. The van der Waals surface area contributed by atoms with Crippen molar-refractivity contribution >= 4 is 11.3 Å². The van der Waals surface area contributed by atoms with Crippen LogP contribution >= 0.6 is 0 Å². The minimum absolute atomic E-state index is 0.179. The topological polar surface area (TPSA) is 63.5 Å². The third kappa shape index (κ3) is 3.62. The molecule has 2 aliphatic rings. The fraction of sp³-hybridized carbons (Fsp3) is 0.429. The minimum atomic E-state index is 0.179. The molecule has 0 spiro atoms. The van der Waals surface area contributed by atoms with Gasteiger partial charge in [-0.05, 0) is 37.8 Å². The standard InChI is InChI=1S/C21H25N5O/c1-2-5-15(6-3-1)12-23-18-11-20(27-17-7-4-10-22-13-17)25-26-19(16-8-9-16)14-24-21(18)26/h1-3,5-6,11,14,16-17,22-23H,4,7-10,12-13H2. The van der Waals surface area contributed by atoms with Crippen molar-refractivity contribution in [2.45, 2.75) is 44.2 Å². The Hall–Kier alpha value is -2.60. The Labute approximate surface area is 159 Å². The van der Waals surface area contributed by atoms with Gasteiger partial charge in [-0.3, -0.25) is 0 Å². The molecular weight excluding hydrogens is 338 g/mol. The Morgan fingerprint density at radius 3 is 2.85 bits per heavy atom. The average molecular weight is 363 g/mol. The van der Waals surface area contributed by atoms with Crippen molar-refractivity contribution in [1.29, 1.82) is 0 Å². The second-order valence-corrected chi connectivity index (χ2v) is 7.51. The number of benzene rings is 1. The van der Waals surface area contributed by atoms with Crippen molar-refractivity contribution in [1.82, 2.24) is 19.9 Å². The van der Waals surface area contributed by atoms with Crippen LogP contribution in [0.2, 0.25) is 0 Å². The number of fused-ring (bicyclic) bond motifs is 1. The highest BCUT2D eigenvalue weighted by Gasteiger charge is 2.28. The molecule has 140 valence electrons. The summed E-state index contributed by atoms with van der Waals surface area (Å²) in [5, 5.41) is 11.7. The van der Waals surface area contributed by atoms with Crippen LogP contribution in [0, 0.1) is 0 Å². The van der Waals surface area contributed by atoms with Gasteiger partial charge in [-0.2, -0.15) is 0 Å². The number of hydrogen-bond acceptors (Lipinski definition) is 5. The van der Waals surface area contributed by atoms with Crippen LogP contribution in [-0.4, -0.2) is 33.8 Å². The number of nitrogens with zero attached hydrogens (tertiary/aromatic N) is 3. The molecule has 27 heavy (non-hydrogen) atoms. The maximum absolute atomic E-state index is 6.22. The zero-order valence-corrected chi connectivity index (χ0v) is 15.4. The lowest BCUT2D eigenvalue weighted by Gasteiger charge is -2.23. The highest BCUT2D eigenvalue weighted by Crippen LogP contribution is 2.40. The highest BCUT2D eigenvalue weighted by atomic mass is 16.5. The van der Waals surface area contributed by atoms with E-state index in [0.29, 0.717) is 11.8 Å². The van der Waals surface area contributed by atoms with Crippen LogP contribution in [0.15, 0.2) is 42.6 Å². The van der Waals surface area contributed by atoms with E-state index < -0.39 is 0 Å². The summed E-state index contributed by atoms with van der Waals surface area (Å²) in [6.07, 6.45) is 6.81. The number of hydrogen-bond donors (Lipinski definition) is 2. The Bertz CT molecular complexity index is 913. The zero-order valence-electron chi connectivity index (χ0n) is 15.4. The lowest BCUT2D eigenvalue weighted by atomic mass is 10.1. The molecular formula is C21H25N5O. The molecule has 1 saturated carbocycles. The molecule has 2 aromatic heterocycles. The molecule has 3 aromatic rings. The summed E-state index contributed by atoms with van der Waals surface area (Å²) in [5.74, 6) is 1.26.